The van der Waals surface area contributed by atoms with Gasteiger partial charge >= 0.3 is 0 Å². The van der Waals surface area contributed by atoms with Crippen molar-refractivity contribution >= 4 is 5.91 Å². The lowest BCUT2D eigenvalue weighted by Gasteiger charge is -2.16. The van der Waals surface area contributed by atoms with Crippen molar-refractivity contribution in [1.82, 2.24) is 20.4 Å². The average Bonchev–Trinajstić information content (AvgIpc) is 2.92. The molecule has 1 aromatic heterocycles. The largest absolute Gasteiger partial charge is 0.496 e. The fourth-order valence-electron chi connectivity index (χ4n) is 2.32. The molecular weight excluding hydrogens is 280 g/mol. The zero-order chi connectivity index (χ0) is 16.1. The van der Waals surface area contributed by atoms with E-state index in [9.17, 15) is 4.79 Å². The number of aryl methyl sites for hydroxylation is 2. The normalized spacial score (nSPS) is 12.0. The number of rotatable bonds is 6. The van der Waals surface area contributed by atoms with Crippen LogP contribution in [0, 0.1) is 6.92 Å². The molecule has 118 valence electrons. The van der Waals surface area contributed by atoms with Crippen LogP contribution in [0.15, 0.2) is 30.6 Å². The van der Waals surface area contributed by atoms with Crippen molar-refractivity contribution in [2.45, 2.75) is 19.5 Å². The van der Waals surface area contributed by atoms with Gasteiger partial charge < -0.3 is 15.4 Å². The quantitative estimate of drug-likeness (QED) is 0.844. The molecule has 0 aliphatic carbocycles. The van der Waals surface area contributed by atoms with Crippen molar-refractivity contribution in [1.29, 1.82) is 0 Å². The molecule has 0 saturated heterocycles. The van der Waals surface area contributed by atoms with E-state index in [1.807, 2.05) is 38.4 Å². The second kappa shape index (κ2) is 7.09. The minimum absolute atomic E-state index is 0.0990. The molecule has 2 aromatic rings. The molecule has 22 heavy (non-hydrogen) atoms. The van der Waals surface area contributed by atoms with Gasteiger partial charge in [-0.05, 0) is 25.6 Å². The van der Waals surface area contributed by atoms with Crippen LogP contribution in [-0.2, 0) is 18.4 Å². The lowest BCUT2D eigenvalue weighted by Crippen LogP contribution is -2.35. The number of likely N-dealkylation sites (N-methyl/N-ethyl adjacent to an activating group) is 1. The zero-order valence-corrected chi connectivity index (χ0v) is 13.4. The molecular formula is C16H22N4O2. The number of hydrogen-bond acceptors (Lipinski definition) is 4. The van der Waals surface area contributed by atoms with Crippen LogP contribution >= 0.6 is 0 Å². The Morgan fingerprint density at radius 1 is 1.45 bits per heavy atom. The third-order valence-corrected chi connectivity index (χ3v) is 3.50. The number of aromatic nitrogens is 2. The summed E-state index contributed by atoms with van der Waals surface area (Å²) >= 11 is 0. The number of amides is 1. The van der Waals surface area contributed by atoms with Crippen LogP contribution in [0.4, 0.5) is 0 Å². The Balaban J connectivity index is 2.05. The molecule has 2 rings (SSSR count). The predicted octanol–water partition coefficient (Wildman–Crippen LogP) is 1.31. The van der Waals surface area contributed by atoms with Gasteiger partial charge in [-0.1, -0.05) is 12.1 Å². The van der Waals surface area contributed by atoms with Crippen molar-refractivity contribution < 1.29 is 9.53 Å². The van der Waals surface area contributed by atoms with Gasteiger partial charge in [0, 0.05) is 30.9 Å². The van der Waals surface area contributed by atoms with Crippen LogP contribution < -0.4 is 15.4 Å². The fourth-order valence-corrected chi connectivity index (χ4v) is 2.32. The molecule has 1 amide bonds. The maximum atomic E-state index is 12.4. The number of ether oxygens (including phenoxy) is 1. The zero-order valence-electron chi connectivity index (χ0n) is 13.4. The molecule has 0 aliphatic rings. The van der Waals surface area contributed by atoms with Crippen molar-refractivity contribution in [3.63, 3.8) is 0 Å². The minimum Gasteiger partial charge on any atom is -0.496 e. The molecule has 1 aromatic carbocycles. The molecule has 6 nitrogen and oxygen atoms in total. The van der Waals surface area contributed by atoms with E-state index in [2.05, 4.69) is 15.7 Å². The van der Waals surface area contributed by atoms with Gasteiger partial charge in [0.25, 0.3) is 0 Å². The van der Waals surface area contributed by atoms with Crippen LogP contribution in [0.2, 0.25) is 0 Å². The van der Waals surface area contributed by atoms with Gasteiger partial charge in [0.15, 0.2) is 0 Å². The molecule has 6 heteroatoms. The van der Waals surface area contributed by atoms with Gasteiger partial charge in [0.05, 0.1) is 13.3 Å². The Morgan fingerprint density at radius 3 is 2.82 bits per heavy atom. The number of carbonyl (C=O) groups is 1. The van der Waals surface area contributed by atoms with E-state index in [0.717, 1.165) is 22.4 Å². The highest BCUT2D eigenvalue weighted by molar-refractivity contribution is 5.83. The maximum Gasteiger partial charge on any atom is 0.242 e. The minimum atomic E-state index is -0.426. The Labute approximate surface area is 130 Å². The number of carbonyl (C=O) groups excluding carboxylic acids is 1. The molecule has 0 saturated carbocycles. The summed E-state index contributed by atoms with van der Waals surface area (Å²) < 4.78 is 7.03. The first kappa shape index (κ1) is 16.0. The first-order chi connectivity index (χ1) is 10.5. The summed E-state index contributed by atoms with van der Waals surface area (Å²) in [5.74, 6) is 0.681. The first-order valence-corrected chi connectivity index (χ1v) is 7.12. The highest BCUT2D eigenvalue weighted by Gasteiger charge is 2.20. The lowest BCUT2D eigenvalue weighted by molar-refractivity contribution is -0.123. The molecule has 1 atom stereocenters. The topological polar surface area (TPSA) is 68.2 Å². The van der Waals surface area contributed by atoms with E-state index in [-0.39, 0.29) is 5.91 Å². The second-order valence-electron chi connectivity index (χ2n) is 5.20. The second-order valence-corrected chi connectivity index (χ2v) is 5.20. The molecule has 2 N–H and O–H groups in total. The van der Waals surface area contributed by atoms with Gasteiger partial charge in [-0.3, -0.25) is 9.48 Å². The Kier molecular flexibility index (Phi) is 5.16. The summed E-state index contributed by atoms with van der Waals surface area (Å²) in [6, 6.07) is 5.50. The van der Waals surface area contributed by atoms with E-state index < -0.39 is 6.04 Å². The van der Waals surface area contributed by atoms with Gasteiger partial charge in [0.1, 0.15) is 11.8 Å². The standard InChI is InChI=1S/C16H22N4O2/c1-11-5-6-12(14(7-11)22-4)8-18-16(21)15(17-2)13-9-19-20(3)10-13/h5-7,9-10,15,17H,8H2,1-4H3,(H,18,21). The highest BCUT2D eigenvalue weighted by Crippen LogP contribution is 2.20. The van der Waals surface area contributed by atoms with Crippen molar-refractivity contribution in [2.24, 2.45) is 7.05 Å². The van der Waals surface area contributed by atoms with Crippen molar-refractivity contribution in [3.8, 4) is 5.75 Å². The Hall–Kier alpha value is -2.34. The molecule has 1 heterocycles. The molecule has 0 spiro atoms. The van der Waals surface area contributed by atoms with Crippen LogP contribution in [0.5, 0.6) is 5.75 Å². The van der Waals surface area contributed by atoms with E-state index in [1.54, 1.807) is 25.0 Å². The van der Waals surface area contributed by atoms with Gasteiger partial charge in [-0.2, -0.15) is 5.10 Å². The van der Waals surface area contributed by atoms with Gasteiger partial charge in [-0.15, -0.1) is 0 Å². The Morgan fingerprint density at radius 2 is 2.23 bits per heavy atom. The van der Waals surface area contributed by atoms with Crippen LogP contribution in [0.25, 0.3) is 0 Å². The first-order valence-electron chi connectivity index (χ1n) is 7.12. The number of methoxy groups -OCH3 is 1. The number of nitrogens with zero attached hydrogens (tertiary/aromatic N) is 2. The van der Waals surface area contributed by atoms with Gasteiger partial charge in [0.2, 0.25) is 5.91 Å². The molecule has 0 aliphatic heterocycles. The monoisotopic (exact) mass is 302 g/mol. The van der Waals surface area contributed by atoms with Crippen molar-refractivity contribution in [3.05, 3.63) is 47.3 Å². The third-order valence-electron chi connectivity index (χ3n) is 3.50. The SMILES string of the molecule is CNC(C(=O)NCc1ccc(C)cc1OC)c1cnn(C)c1. The summed E-state index contributed by atoms with van der Waals surface area (Å²) in [4.78, 5) is 12.4. The van der Waals surface area contributed by atoms with Crippen molar-refractivity contribution in [2.75, 3.05) is 14.2 Å². The number of hydrogen-bond donors (Lipinski definition) is 2. The average molecular weight is 302 g/mol. The molecule has 0 radical (unpaired) electrons. The van der Waals surface area contributed by atoms with E-state index in [1.165, 1.54) is 0 Å². The summed E-state index contributed by atoms with van der Waals surface area (Å²) in [6.07, 6.45) is 3.51. The smallest absolute Gasteiger partial charge is 0.242 e. The van der Waals surface area contributed by atoms with Gasteiger partial charge in [-0.25, -0.2) is 0 Å². The van der Waals surface area contributed by atoms with Crippen LogP contribution in [0.1, 0.15) is 22.7 Å². The molecule has 1 unspecified atom stereocenters. The summed E-state index contributed by atoms with van der Waals surface area (Å²) in [5.41, 5.74) is 2.90. The van der Waals surface area contributed by atoms with E-state index in [4.69, 9.17) is 4.74 Å². The summed E-state index contributed by atoms with van der Waals surface area (Å²) in [7, 11) is 5.21. The third kappa shape index (κ3) is 3.65. The summed E-state index contributed by atoms with van der Waals surface area (Å²) in [6.45, 7) is 2.42. The predicted molar refractivity (Wildman–Crippen MR) is 84.6 cm³/mol. The Bertz CT molecular complexity index is 651. The van der Waals surface area contributed by atoms with E-state index in [0.29, 0.717) is 6.54 Å². The van der Waals surface area contributed by atoms with Crippen LogP contribution in [0.3, 0.4) is 0 Å². The number of nitrogens with one attached hydrogen (secondary N) is 2. The highest BCUT2D eigenvalue weighted by atomic mass is 16.5. The maximum absolute atomic E-state index is 12.4. The number of benzene rings is 1. The molecule has 0 fully saturated rings. The lowest BCUT2D eigenvalue weighted by atomic mass is 10.1. The summed E-state index contributed by atoms with van der Waals surface area (Å²) in [5, 5.41) is 10.0. The molecule has 0 bridgehead atoms. The van der Waals surface area contributed by atoms with E-state index >= 15 is 0 Å². The fraction of sp³-hybridized carbons (Fsp3) is 0.375. The van der Waals surface area contributed by atoms with Crippen LogP contribution in [-0.4, -0.2) is 29.8 Å².